The van der Waals surface area contributed by atoms with Crippen LogP contribution in [0.25, 0.3) is 5.78 Å². The van der Waals surface area contributed by atoms with Gasteiger partial charge in [0.1, 0.15) is 23.0 Å². The summed E-state index contributed by atoms with van der Waals surface area (Å²) in [6.45, 7) is 10.3. The van der Waals surface area contributed by atoms with Gasteiger partial charge in [-0.15, -0.1) is 0 Å². The number of hydrogen-bond acceptors (Lipinski definition) is 7. The van der Waals surface area contributed by atoms with Gasteiger partial charge in [-0.3, -0.25) is 14.0 Å². The molecule has 40 heavy (non-hydrogen) atoms. The molecule has 0 aromatic carbocycles. The first-order valence-corrected chi connectivity index (χ1v) is 13.6. The maximum absolute atomic E-state index is 13.6. The van der Waals surface area contributed by atoms with Crippen molar-refractivity contribution in [2.75, 3.05) is 18.4 Å². The molecule has 3 aromatic heterocycles. The molecule has 1 saturated carbocycles. The third-order valence-electron chi connectivity index (χ3n) is 6.85. The standard InChI is InChI=1S/C28H35FN6O5/c1-16(2)39-24-18(23(36)30-20-7-6-10-35(25(20)37)22-13-19(22)29)14-34-15-21(31-26(34)32-24)17-8-11-33(12-9-17)27(38)40-28(3,4)5/h6-7,10,14-17,19,22H,8-9,11-13H2,1-5H3,(H,30,36)/t19-,22+/m1/s1. The number of imidazole rings is 1. The van der Waals surface area contributed by atoms with Crippen molar-refractivity contribution in [2.45, 2.75) is 83.7 Å². The van der Waals surface area contributed by atoms with Crippen molar-refractivity contribution >= 4 is 23.5 Å². The van der Waals surface area contributed by atoms with Crippen LogP contribution >= 0.6 is 0 Å². The van der Waals surface area contributed by atoms with Gasteiger partial charge in [0, 0.05) is 44.0 Å². The number of nitrogens with one attached hydrogen (secondary N) is 1. The Kier molecular flexibility index (Phi) is 7.28. The number of fused-ring (bicyclic) bond motifs is 1. The van der Waals surface area contributed by atoms with E-state index >= 15 is 0 Å². The second-order valence-corrected chi connectivity index (χ2v) is 11.6. The van der Waals surface area contributed by atoms with Crippen molar-refractivity contribution in [1.29, 1.82) is 0 Å². The number of pyridine rings is 1. The van der Waals surface area contributed by atoms with Crippen molar-refractivity contribution in [1.82, 2.24) is 23.8 Å². The molecule has 214 valence electrons. The summed E-state index contributed by atoms with van der Waals surface area (Å²) >= 11 is 0. The highest BCUT2D eigenvalue weighted by molar-refractivity contribution is 6.05. The van der Waals surface area contributed by atoms with Gasteiger partial charge in [0.25, 0.3) is 11.5 Å². The first kappa shape index (κ1) is 27.6. The largest absolute Gasteiger partial charge is 0.474 e. The first-order valence-electron chi connectivity index (χ1n) is 13.6. The quantitative estimate of drug-likeness (QED) is 0.482. The number of likely N-dealkylation sites (tertiary alicyclic amines) is 1. The fourth-order valence-electron chi connectivity index (χ4n) is 4.77. The SMILES string of the molecule is CC(C)Oc1nc2nc(C3CCN(C(=O)OC(C)(C)C)CC3)cn2cc1C(=O)Nc1cccn([C@H]2C[C@H]2F)c1=O. The van der Waals surface area contributed by atoms with E-state index in [4.69, 9.17) is 14.5 Å². The molecule has 2 aliphatic rings. The molecule has 3 aromatic rings. The van der Waals surface area contributed by atoms with Crippen LogP contribution in [0, 0.1) is 0 Å². The van der Waals surface area contributed by atoms with Crippen molar-refractivity contribution in [3.63, 3.8) is 0 Å². The Morgan fingerprint density at radius 3 is 2.48 bits per heavy atom. The average molecular weight is 555 g/mol. The molecule has 0 unspecified atom stereocenters. The molecule has 5 rings (SSSR count). The van der Waals surface area contributed by atoms with Crippen LogP contribution in [0.3, 0.4) is 0 Å². The minimum atomic E-state index is -1.05. The highest BCUT2D eigenvalue weighted by atomic mass is 19.1. The molecule has 0 spiro atoms. The molecule has 2 atom stereocenters. The van der Waals surface area contributed by atoms with E-state index in [0.29, 0.717) is 31.7 Å². The summed E-state index contributed by atoms with van der Waals surface area (Å²) in [5.74, 6) is 0.00538. The molecule has 0 bridgehead atoms. The van der Waals surface area contributed by atoms with Crippen molar-refractivity contribution < 1.29 is 23.5 Å². The molecule has 1 N–H and O–H groups in total. The van der Waals surface area contributed by atoms with Gasteiger partial charge in [-0.25, -0.2) is 14.2 Å². The lowest BCUT2D eigenvalue weighted by molar-refractivity contribution is 0.0204. The van der Waals surface area contributed by atoms with Crippen LogP contribution in [0.2, 0.25) is 0 Å². The number of halogens is 1. The fourth-order valence-corrected chi connectivity index (χ4v) is 4.77. The molecular formula is C28H35FN6O5. The summed E-state index contributed by atoms with van der Waals surface area (Å²) in [4.78, 5) is 49.5. The summed E-state index contributed by atoms with van der Waals surface area (Å²) in [6, 6.07) is 2.59. The van der Waals surface area contributed by atoms with Crippen LogP contribution < -0.4 is 15.6 Å². The lowest BCUT2D eigenvalue weighted by atomic mass is 9.94. The predicted octanol–water partition coefficient (Wildman–Crippen LogP) is 4.33. The van der Waals surface area contributed by atoms with E-state index in [-0.39, 0.29) is 41.7 Å². The fraction of sp³-hybridized carbons (Fsp3) is 0.536. The smallest absolute Gasteiger partial charge is 0.410 e. The number of nitrogens with zero attached hydrogens (tertiary/aromatic N) is 5. The zero-order valence-corrected chi connectivity index (χ0v) is 23.4. The van der Waals surface area contributed by atoms with Crippen LogP contribution in [0.15, 0.2) is 35.5 Å². The van der Waals surface area contributed by atoms with E-state index in [1.54, 1.807) is 21.6 Å². The van der Waals surface area contributed by atoms with E-state index in [1.807, 2.05) is 40.8 Å². The third-order valence-corrected chi connectivity index (χ3v) is 6.85. The summed E-state index contributed by atoms with van der Waals surface area (Å²) in [5.41, 5.74) is -0.0312. The van der Waals surface area contributed by atoms with E-state index < -0.39 is 29.3 Å². The lowest BCUT2D eigenvalue weighted by Crippen LogP contribution is -2.41. The van der Waals surface area contributed by atoms with E-state index in [0.717, 1.165) is 5.69 Å². The molecule has 4 heterocycles. The maximum atomic E-state index is 13.6. The molecule has 1 aliphatic heterocycles. The van der Waals surface area contributed by atoms with Crippen molar-refractivity contribution in [3.05, 3.63) is 52.3 Å². The minimum absolute atomic E-state index is 0.0465. The van der Waals surface area contributed by atoms with Crippen LogP contribution in [-0.4, -0.2) is 66.8 Å². The van der Waals surface area contributed by atoms with Gasteiger partial charge in [-0.1, -0.05) is 0 Å². The molecule has 1 saturated heterocycles. The number of amides is 2. The normalized spacial score (nSPS) is 19.6. The molecule has 2 fully saturated rings. The Morgan fingerprint density at radius 2 is 1.85 bits per heavy atom. The van der Waals surface area contributed by atoms with Gasteiger partial charge in [-0.2, -0.15) is 4.98 Å². The van der Waals surface area contributed by atoms with Gasteiger partial charge in [-0.05, 0) is 59.6 Å². The maximum Gasteiger partial charge on any atom is 0.410 e. The van der Waals surface area contributed by atoms with E-state index in [2.05, 4.69) is 10.3 Å². The number of ether oxygens (including phenoxy) is 2. The van der Waals surface area contributed by atoms with Gasteiger partial charge in [0.15, 0.2) is 0 Å². The summed E-state index contributed by atoms with van der Waals surface area (Å²) in [6.07, 6.45) is 5.01. The first-order chi connectivity index (χ1) is 18.9. The number of carbonyl (C=O) groups is 2. The highest BCUT2D eigenvalue weighted by Crippen LogP contribution is 2.37. The molecule has 12 heteroatoms. The molecule has 11 nitrogen and oxygen atoms in total. The zero-order valence-electron chi connectivity index (χ0n) is 23.4. The number of carbonyl (C=O) groups excluding carboxylic acids is 2. The molecule has 1 aliphatic carbocycles. The predicted molar refractivity (Wildman–Crippen MR) is 146 cm³/mol. The van der Waals surface area contributed by atoms with Gasteiger partial charge in [0.05, 0.1) is 17.8 Å². The summed E-state index contributed by atoms with van der Waals surface area (Å²) < 4.78 is 27.9. The Balaban J connectivity index is 1.36. The number of alkyl halides is 1. The van der Waals surface area contributed by atoms with E-state index in [1.165, 1.54) is 16.8 Å². The number of hydrogen-bond donors (Lipinski definition) is 1. The number of aromatic nitrogens is 4. The average Bonchev–Trinajstić information content (AvgIpc) is 3.45. The van der Waals surface area contributed by atoms with Gasteiger partial charge < -0.3 is 24.3 Å². The Bertz CT molecular complexity index is 1480. The monoisotopic (exact) mass is 554 g/mol. The van der Waals surface area contributed by atoms with Crippen molar-refractivity contribution in [3.8, 4) is 5.88 Å². The Hall–Kier alpha value is -3.96. The van der Waals surface area contributed by atoms with Gasteiger partial charge in [0.2, 0.25) is 11.7 Å². The molecular weight excluding hydrogens is 519 g/mol. The second kappa shape index (κ2) is 10.5. The molecule has 2 amide bonds. The van der Waals surface area contributed by atoms with Crippen LogP contribution in [0.5, 0.6) is 5.88 Å². The van der Waals surface area contributed by atoms with E-state index in [9.17, 15) is 18.8 Å². The summed E-state index contributed by atoms with van der Waals surface area (Å²) in [7, 11) is 0. The Labute approximate surface area is 231 Å². The van der Waals surface area contributed by atoms with Crippen molar-refractivity contribution in [2.24, 2.45) is 0 Å². The number of anilines is 1. The van der Waals surface area contributed by atoms with Gasteiger partial charge >= 0.3 is 6.09 Å². The summed E-state index contributed by atoms with van der Waals surface area (Å²) in [5, 5.41) is 2.65. The molecule has 0 radical (unpaired) electrons. The van der Waals surface area contributed by atoms with Crippen LogP contribution in [0.4, 0.5) is 14.9 Å². The highest BCUT2D eigenvalue weighted by Gasteiger charge is 2.40. The van der Waals surface area contributed by atoms with Crippen LogP contribution in [0.1, 0.15) is 81.9 Å². The van der Waals surface area contributed by atoms with Crippen LogP contribution in [-0.2, 0) is 4.74 Å². The lowest BCUT2D eigenvalue weighted by Gasteiger charge is -2.32. The number of piperidine rings is 1. The topological polar surface area (TPSA) is 120 Å². The number of rotatable bonds is 6. The zero-order chi connectivity index (χ0) is 28.8. The Morgan fingerprint density at radius 1 is 1.15 bits per heavy atom. The second-order valence-electron chi connectivity index (χ2n) is 11.6. The third kappa shape index (κ3) is 5.95. The minimum Gasteiger partial charge on any atom is -0.474 e.